The number of benzene rings is 1. The van der Waals surface area contributed by atoms with E-state index in [1.165, 1.54) is 6.07 Å². The van der Waals surface area contributed by atoms with Crippen LogP contribution >= 0.6 is 0 Å². The number of hydrogen-bond donors (Lipinski definition) is 1. The second-order valence-corrected chi connectivity index (χ2v) is 4.86. The molecule has 0 aromatic heterocycles. The Hall–Kier alpha value is -1.25. The van der Waals surface area contributed by atoms with Gasteiger partial charge < -0.3 is 10.1 Å². The quantitative estimate of drug-likeness (QED) is 0.808. The van der Waals surface area contributed by atoms with Crippen LogP contribution in [0.3, 0.4) is 0 Å². The van der Waals surface area contributed by atoms with E-state index in [-0.39, 0.29) is 11.9 Å². The van der Waals surface area contributed by atoms with Crippen molar-refractivity contribution >= 4 is 5.69 Å². The smallest absolute Gasteiger partial charge is 0.146 e. The lowest BCUT2D eigenvalue weighted by Crippen LogP contribution is -2.16. The predicted molar refractivity (Wildman–Crippen MR) is 70.1 cm³/mol. The van der Waals surface area contributed by atoms with Gasteiger partial charge in [0.05, 0.1) is 12.8 Å². The third-order valence-corrected chi connectivity index (χ3v) is 2.75. The summed E-state index contributed by atoms with van der Waals surface area (Å²) >= 11 is 0. The first-order chi connectivity index (χ1) is 8.02. The van der Waals surface area contributed by atoms with Crippen LogP contribution in [0.1, 0.15) is 33.6 Å². The molecule has 0 amide bonds. The van der Waals surface area contributed by atoms with Crippen molar-refractivity contribution < 1.29 is 9.13 Å². The van der Waals surface area contributed by atoms with Crippen LogP contribution in [-0.2, 0) is 0 Å². The van der Waals surface area contributed by atoms with Crippen LogP contribution in [-0.4, -0.2) is 13.2 Å². The van der Waals surface area contributed by atoms with Gasteiger partial charge in [-0.15, -0.1) is 0 Å². The van der Waals surface area contributed by atoms with Crippen molar-refractivity contribution in [3.05, 3.63) is 24.0 Å². The highest BCUT2D eigenvalue weighted by Gasteiger charge is 2.08. The summed E-state index contributed by atoms with van der Waals surface area (Å²) in [5, 5.41) is 3.19. The molecule has 0 bridgehead atoms. The van der Waals surface area contributed by atoms with E-state index in [0.29, 0.717) is 17.4 Å². The number of anilines is 1. The fourth-order valence-corrected chi connectivity index (χ4v) is 1.66. The fourth-order valence-electron chi connectivity index (χ4n) is 1.66. The highest BCUT2D eigenvalue weighted by Crippen LogP contribution is 2.22. The molecule has 3 heteroatoms. The molecule has 0 spiro atoms. The van der Waals surface area contributed by atoms with Crippen LogP contribution < -0.4 is 10.1 Å². The van der Waals surface area contributed by atoms with Crippen LogP contribution in [0.4, 0.5) is 10.1 Å². The summed E-state index contributed by atoms with van der Waals surface area (Å²) < 4.78 is 18.6. The molecule has 1 N–H and O–H groups in total. The molecule has 0 fully saturated rings. The number of methoxy groups -OCH3 is 1. The Bertz CT molecular complexity index is 352. The maximum atomic E-state index is 13.5. The number of halogens is 1. The van der Waals surface area contributed by atoms with Crippen molar-refractivity contribution in [2.24, 2.45) is 5.92 Å². The van der Waals surface area contributed by atoms with E-state index >= 15 is 0 Å². The monoisotopic (exact) mass is 239 g/mol. The summed E-state index contributed by atoms with van der Waals surface area (Å²) in [5.41, 5.74) is 0.514. The van der Waals surface area contributed by atoms with Crippen LogP contribution in [0.2, 0.25) is 0 Å². The molecule has 96 valence electrons. The Kier molecular flexibility index (Phi) is 5.26. The van der Waals surface area contributed by atoms with E-state index in [1.807, 2.05) is 0 Å². The Morgan fingerprint density at radius 1 is 1.24 bits per heavy atom. The minimum absolute atomic E-state index is 0.234. The fraction of sp³-hybridized carbons (Fsp3) is 0.571. The predicted octanol–water partition coefficient (Wildman–Crippen LogP) is 4.07. The molecule has 0 radical (unpaired) electrons. The molecule has 17 heavy (non-hydrogen) atoms. The molecule has 2 nitrogen and oxygen atoms in total. The summed E-state index contributed by atoms with van der Waals surface area (Å²) in [7, 11) is 1.58. The molecule has 0 aliphatic carbocycles. The number of nitrogens with one attached hydrogen (secondary N) is 1. The molecule has 0 heterocycles. The van der Waals surface area contributed by atoms with Gasteiger partial charge in [-0.3, -0.25) is 0 Å². The van der Waals surface area contributed by atoms with Crippen molar-refractivity contribution in [1.82, 2.24) is 0 Å². The van der Waals surface area contributed by atoms with Crippen molar-refractivity contribution in [2.45, 2.75) is 39.7 Å². The Balaban J connectivity index is 2.60. The number of rotatable bonds is 6. The molecule has 1 aromatic rings. The molecule has 0 aliphatic rings. The maximum Gasteiger partial charge on any atom is 0.146 e. The Morgan fingerprint density at radius 2 is 1.94 bits per heavy atom. The third-order valence-electron chi connectivity index (χ3n) is 2.75. The van der Waals surface area contributed by atoms with Crippen LogP contribution in [0.5, 0.6) is 5.75 Å². The van der Waals surface area contributed by atoms with Crippen molar-refractivity contribution in [3.8, 4) is 5.75 Å². The summed E-state index contributed by atoms with van der Waals surface area (Å²) in [4.78, 5) is 0. The summed E-state index contributed by atoms with van der Waals surface area (Å²) in [6.07, 6.45) is 2.17. The summed E-state index contributed by atoms with van der Waals surface area (Å²) in [6, 6.07) is 5.01. The first kappa shape index (κ1) is 13.8. The number of hydrogen-bond acceptors (Lipinski definition) is 2. The largest absolute Gasteiger partial charge is 0.497 e. The van der Waals surface area contributed by atoms with Gasteiger partial charge in [-0.25, -0.2) is 4.39 Å². The SMILES string of the molecule is COc1ccc(F)c(NC(C)CCC(C)C)c1. The minimum Gasteiger partial charge on any atom is -0.497 e. The lowest BCUT2D eigenvalue weighted by atomic mass is 10.0. The molecular formula is C14H22FNO. The maximum absolute atomic E-state index is 13.5. The van der Waals surface area contributed by atoms with Crippen LogP contribution in [0, 0.1) is 11.7 Å². The van der Waals surface area contributed by atoms with Crippen LogP contribution in [0.25, 0.3) is 0 Å². The molecule has 0 saturated carbocycles. The Morgan fingerprint density at radius 3 is 2.53 bits per heavy atom. The van der Waals surface area contributed by atoms with Crippen molar-refractivity contribution in [3.63, 3.8) is 0 Å². The first-order valence-corrected chi connectivity index (χ1v) is 6.13. The van der Waals surface area contributed by atoms with E-state index in [2.05, 4.69) is 26.1 Å². The standard InChI is InChI=1S/C14H22FNO/c1-10(2)5-6-11(3)16-14-9-12(17-4)7-8-13(14)15/h7-11,16H,5-6H2,1-4H3. The zero-order valence-electron chi connectivity index (χ0n) is 11.1. The molecule has 0 aliphatic heterocycles. The molecule has 1 atom stereocenters. The van der Waals surface area contributed by atoms with Crippen molar-refractivity contribution in [2.75, 3.05) is 12.4 Å². The molecule has 1 unspecified atom stereocenters. The molecular weight excluding hydrogens is 217 g/mol. The summed E-state index contributed by atoms with van der Waals surface area (Å²) in [5.74, 6) is 1.11. The zero-order valence-corrected chi connectivity index (χ0v) is 11.1. The van der Waals surface area contributed by atoms with Gasteiger partial charge in [0.25, 0.3) is 0 Å². The van der Waals surface area contributed by atoms with Crippen molar-refractivity contribution in [1.29, 1.82) is 0 Å². The van der Waals surface area contributed by atoms with Gasteiger partial charge in [-0.2, -0.15) is 0 Å². The van der Waals surface area contributed by atoms with E-state index in [0.717, 1.165) is 12.8 Å². The van der Waals surface area contributed by atoms with Gasteiger partial charge in [0.1, 0.15) is 11.6 Å². The molecule has 1 rings (SSSR count). The van der Waals surface area contributed by atoms with Gasteiger partial charge >= 0.3 is 0 Å². The van der Waals surface area contributed by atoms with Gasteiger partial charge in [-0.1, -0.05) is 13.8 Å². The summed E-state index contributed by atoms with van der Waals surface area (Å²) in [6.45, 7) is 6.46. The average Bonchev–Trinajstić information content (AvgIpc) is 2.29. The zero-order chi connectivity index (χ0) is 12.8. The first-order valence-electron chi connectivity index (χ1n) is 6.13. The van der Waals surface area contributed by atoms with Gasteiger partial charge in [-0.05, 0) is 37.8 Å². The van der Waals surface area contributed by atoms with Gasteiger partial charge in [0.15, 0.2) is 0 Å². The topological polar surface area (TPSA) is 21.3 Å². The van der Waals surface area contributed by atoms with Gasteiger partial charge in [0.2, 0.25) is 0 Å². The van der Waals surface area contributed by atoms with Crippen LogP contribution in [0.15, 0.2) is 18.2 Å². The average molecular weight is 239 g/mol. The highest BCUT2D eigenvalue weighted by atomic mass is 19.1. The molecule has 0 saturated heterocycles. The Labute approximate surface area is 103 Å². The van der Waals surface area contributed by atoms with E-state index in [1.54, 1.807) is 19.2 Å². The second-order valence-electron chi connectivity index (χ2n) is 4.86. The van der Waals surface area contributed by atoms with E-state index in [9.17, 15) is 4.39 Å². The third kappa shape index (κ3) is 4.63. The second kappa shape index (κ2) is 6.48. The highest BCUT2D eigenvalue weighted by molar-refractivity contribution is 5.50. The number of ether oxygens (including phenoxy) is 1. The lowest BCUT2D eigenvalue weighted by molar-refractivity contribution is 0.414. The normalized spacial score (nSPS) is 12.6. The van der Waals surface area contributed by atoms with E-state index < -0.39 is 0 Å². The lowest BCUT2D eigenvalue weighted by Gasteiger charge is -2.17. The molecule has 1 aromatic carbocycles. The van der Waals surface area contributed by atoms with Gasteiger partial charge in [0, 0.05) is 12.1 Å². The minimum atomic E-state index is -0.234. The van der Waals surface area contributed by atoms with E-state index in [4.69, 9.17) is 4.74 Å².